The van der Waals surface area contributed by atoms with E-state index in [0.29, 0.717) is 12.3 Å². The summed E-state index contributed by atoms with van der Waals surface area (Å²) in [6.45, 7) is 5.63. The molecule has 2 atom stereocenters. The summed E-state index contributed by atoms with van der Waals surface area (Å²) >= 11 is 3.44. The lowest BCUT2D eigenvalue weighted by atomic mass is 9.89. The molecular formula is C15H21BrN2O2. The lowest BCUT2D eigenvalue weighted by molar-refractivity contribution is -0.129. The van der Waals surface area contributed by atoms with Crippen LogP contribution in [0.5, 0.6) is 5.75 Å². The van der Waals surface area contributed by atoms with E-state index in [9.17, 15) is 9.90 Å². The third kappa shape index (κ3) is 2.83. The van der Waals surface area contributed by atoms with Crippen molar-refractivity contribution < 1.29 is 9.90 Å². The summed E-state index contributed by atoms with van der Waals surface area (Å²) in [6, 6.07) is 5.54. The van der Waals surface area contributed by atoms with Crippen molar-refractivity contribution in [1.29, 1.82) is 0 Å². The lowest BCUT2D eigenvalue weighted by Crippen LogP contribution is -2.39. The Balaban J connectivity index is 2.17. The second kappa shape index (κ2) is 5.74. The number of nitrogens with one attached hydrogen (secondary N) is 1. The van der Waals surface area contributed by atoms with E-state index in [1.807, 2.05) is 19.1 Å². The van der Waals surface area contributed by atoms with E-state index >= 15 is 0 Å². The first-order valence-electron chi connectivity index (χ1n) is 6.82. The molecule has 1 aliphatic rings. The number of carbonyl (C=O) groups excluding carboxylic acids is 1. The van der Waals surface area contributed by atoms with Gasteiger partial charge in [-0.3, -0.25) is 9.69 Å². The molecule has 110 valence electrons. The first-order chi connectivity index (χ1) is 9.37. The monoisotopic (exact) mass is 340 g/mol. The smallest absolute Gasteiger partial charge is 0.227 e. The van der Waals surface area contributed by atoms with Gasteiger partial charge in [-0.2, -0.15) is 0 Å². The molecule has 5 heteroatoms. The number of amides is 1. The minimum Gasteiger partial charge on any atom is -0.508 e. The molecule has 0 bridgehead atoms. The molecule has 0 aliphatic carbocycles. The average Bonchev–Trinajstić information content (AvgIpc) is 2.83. The molecule has 1 amide bonds. The van der Waals surface area contributed by atoms with Crippen LogP contribution in [0.1, 0.15) is 31.9 Å². The fourth-order valence-electron chi connectivity index (χ4n) is 2.87. The number of benzene rings is 1. The van der Waals surface area contributed by atoms with Crippen LogP contribution in [0.25, 0.3) is 0 Å². The molecule has 1 aliphatic heterocycles. The van der Waals surface area contributed by atoms with Crippen molar-refractivity contribution in [2.45, 2.75) is 26.3 Å². The van der Waals surface area contributed by atoms with E-state index in [-0.39, 0.29) is 17.4 Å². The van der Waals surface area contributed by atoms with Gasteiger partial charge in [0, 0.05) is 29.7 Å². The number of rotatable bonds is 3. The fraction of sp³-hybridized carbons (Fsp3) is 0.533. The molecule has 1 fully saturated rings. The van der Waals surface area contributed by atoms with E-state index in [1.165, 1.54) is 0 Å². The van der Waals surface area contributed by atoms with Crippen LogP contribution in [-0.4, -0.2) is 36.1 Å². The van der Waals surface area contributed by atoms with Crippen molar-refractivity contribution in [3.63, 3.8) is 0 Å². The number of halogens is 1. The highest BCUT2D eigenvalue weighted by molar-refractivity contribution is 9.10. The summed E-state index contributed by atoms with van der Waals surface area (Å²) in [5.74, 6) is 0.389. The van der Waals surface area contributed by atoms with Gasteiger partial charge < -0.3 is 10.4 Å². The normalized spacial score (nSPS) is 24.6. The summed E-state index contributed by atoms with van der Waals surface area (Å²) in [7, 11) is 1.68. The highest BCUT2D eigenvalue weighted by Gasteiger charge is 2.41. The molecule has 4 nitrogen and oxygen atoms in total. The molecule has 1 aromatic carbocycles. The van der Waals surface area contributed by atoms with Crippen LogP contribution in [0.15, 0.2) is 22.7 Å². The summed E-state index contributed by atoms with van der Waals surface area (Å²) in [5, 5.41) is 12.8. The molecular weight excluding hydrogens is 320 g/mol. The number of aromatic hydroxyl groups is 1. The van der Waals surface area contributed by atoms with Crippen molar-refractivity contribution in [3.05, 3.63) is 28.2 Å². The number of carbonyl (C=O) groups is 1. The van der Waals surface area contributed by atoms with Crippen LogP contribution in [0, 0.1) is 5.41 Å². The van der Waals surface area contributed by atoms with E-state index < -0.39 is 0 Å². The third-order valence-corrected chi connectivity index (χ3v) is 4.76. The van der Waals surface area contributed by atoms with E-state index in [0.717, 1.165) is 23.0 Å². The predicted molar refractivity (Wildman–Crippen MR) is 82.6 cm³/mol. The van der Waals surface area contributed by atoms with Crippen LogP contribution in [0.2, 0.25) is 0 Å². The third-order valence-electron chi connectivity index (χ3n) is 4.27. The highest BCUT2D eigenvalue weighted by Crippen LogP contribution is 2.38. The Morgan fingerprint density at radius 1 is 1.55 bits per heavy atom. The molecule has 20 heavy (non-hydrogen) atoms. The van der Waals surface area contributed by atoms with E-state index in [1.54, 1.807) is 13.1 Å². The number of hydrogen-bond donors (Lipinski definition) is 2. The predicted octanol–water partition coefficient (Wildman–Crippen LogP) is 2.67. The summed E-state index contributed by atoms with van der Waals surface area (Å²) < 4.78 is 0.949. The quantitative estimate of drug-likeness (QED) is 0.889. The zero-order chi connectivity index (χ0) is 14.9. The van der Waals surface area contributed by atoms with Crippen molar-refractivity contribution >= 4 is 21.8 Å². The van der Waals surface area contributed by atoms with Crippen molar-refractivity contribution in [1.82, 2.24) is 10.2 Å². The van der Waals surface area contributed by atoms with Crippen LogP contribution in [-0.2, 0) is 4.79 Å². The lowest BCUT2D eigenvalue weighted by Gasteiger charge is -2.28. The molecule has 0 radical (unpaired) electrons. The van der Waals surface area contributed by atoms with Crippen molar-refractivity contribution in [3.8, 4) is 5.75 Å². The number of phenolic OH excluding ortho intramolecular Hbond substituents is 1. The molecule has 0 spiro atoms. The van der Waals surface area contributed by atoms with Gasteiger partial charge >= 0.3 is 0 Å². The SMILES string of the molecule is CNC(=O)C1(C)CCN(C(C)c2cc(Br)ccc2O)C1. The Kier molecular flexibility index (Phi) is 4.39. The largest absolute Gasteiger partial charge is 0.508 e. The van der Waals surface area contributed by atoms with Gasteiger partial charge in [-0.1, -0.05) is 15.9 Å². The maximum absolute atomic E-state index is 12.0. The standard InChI is InChI=1S/C15H21BrN2O2/c1-10(12-8-11(16)4-5-13(12)19)18-7-6-15(2,9-18)14(20)17-3/h4-5,8,10,19H,6-7,9H2,1-3H3,(H,17,20). The van der Waals surface area contributed by atoms with Crippen molar-refractivity contribution in [2.75, 3.05) is 20.1 Å². The second-order valence-electron chi connectivity index (χ2n) is 5.74. The Bertz CT molecular complexity index is 521. The van der Waals surface area contributed by atoms with E-state index in [2.05, 4.69) is 33.1 Å². The molecule has 1 aromatic rings. The molecule has 1 heterocycles. The number of hydrogen-bond acceptors (Lipinski definition) is 3. The van der Waals surface area contributed by atoms with Crippen LogP contribution in [0.3, 0.4) is 0 Å². The van der Waals surface area contributed by atoms with Gasteiger partial charge in [-0.05, 0) is 45.0 Å². The molecule has 2 rings (SSSR count). The van der Waals surface area contributed by atoms with Crippen LogP contribution >= 0.6 is 15.9 Å². The summed E-state index contributed by atoms with van der Waals surface area (Å²) in [4.78, 5) is 14.2. The van der Waals surface area contributed by atoms with Crippen molar-refractivity contribution in [2.24, 2.45) is 5.41 Å². The maximum Gasteiger partial charge on any atom is 0.227 e. The Hall–Kier alpha value is -1.07. The fourth-order valence-corrected chi connectivity index (χ4v) is 3.25. The molecule has 0 saturated carbocycles. The topological polar surface area (TPSA) is 52.6 Å². The Morgan fingerprint density at radius 2 is 2.25 bits per heavy atom. The molecule has 1 saturated heterocycles. The molecule has 2 N–H and O–H groups in total. The van der Waals surface area contributed by atoms with Gasteiger partial charge in [0.1, 0.15) is 5.75 Å². The molecule has 2 unspecified atom stereocenters. The van der Waals surface area contributed by atoms with Gasteiger partial charge in [0.25, 0.3) is 0 Å². The highest BCUT2D eigenvalue weighted by atomic mass is 79.9. The number of nitrogens with zero attached hydrogens (tertiary/aromatic N) is 1. The first kappa shape index (κ1) is 15.3. The second-order valence-corrected chi connectivity index (χ2v) is 6.66. The number of phenols is 1. The minimum absolute atomic E-state index is 0.0824. The van der Waals surface area contributed by atoms with E-state index in [4.69, 9.17) is 0 Å². The van der Waals surface area contributed by atoms with Gasteiger partial charge in [-0.25, -0.2) is 0 Å². The zero-order valence-electron chi connectivity index (χ0n) is 12.1. The Morgan fingerprint density at radius 3 is 2.90 bits per heavy atom. The summed E-state index contributed by atoms with van der Waals surface area (Å²) in [6.07, 6.45) is 0.839. The van der Waals surface area contributed by atoms with Gasteiger partial charge in [-0.15, -0.1) is 0 Å². The average molecular weight is 341 g/mol. The maximum atomic E-state index is 12.0. The van der Waals surface area contributed by atoms with Gasteiger partial charge in [0.2, 0.25) is 5.91 Å². The van der Waals surface area contributed by atoms with Gasteiger partial charge in [0.05, 0.1) is 5.41 Å². The van der Waals surface area contributed by atoms with Crippen LogP contribution < -0.4 is 5.32 Å². The van der Waals surface area contributed by atoms with Crippen LogP contribution in [0.4, 0.5) is 0 Å². The number of likely N-dealkylation sites (tertiary alicyclic amines) is 1. The Labute approximate surface area is 128 Å². The summed E-state index contributed by atoms with van der Waals surface area (Å²) in [5.41, 5.74) is 0.547. The zero-order valence-corrected chi connectivity index (χ0v) is 13.7. The molecule has 0 aromatic heterocycles. The van der Waals surface area contributed by atoms with Gasteiger partial charge in [0.15, 0.2) is 0 Å². The minimum atomic E-state index is -0.343. The first-order valence-corrected chi connectivity index (χ1v) is 7.61.